The summed E-state index contributed by atoms with van der Waals surface area (Å²) in [6.07, 6.45) is -6.80. The highest BCUT2D eigenvalue weighted by Crippen LogP contribution is 2.38. The second-order valence-electron chi connectivity index (χ2n) is 34.7. The van der Waals surface area contributed by atoms with Crippen LogP contribution < -0.4 is 62.1 Å². The molecule has 8 saturated heterocycles. The Hall–Kier alpha value is -12.8. The van der Waals surface area contributed by atoms with E-state index in [1.807, 2.05) is 66.4 Å². The molecule has 0 aliphatic carbocycles. The summed E-state index contributed by atoms with van der Waals surface area (Å²) in [6.45, 7) is 16.9. The first-order valence-electron chi connectivity index (χ1n) is 43.8. The lowest BCUT2D eigenvalue weighted by molar-refractivity contribution is -0.145. The lowest BCUT2D eigenvalue weighted by Crippen LogP contribution is -2.58. The number of aromatic nitrogens is 2. The number of pyridine rings is 1. The zero-order valence-electron chi connectivity index (χ0n) is 75.8. The molecular formula is C83H104B4F7N15O27S. The normalized spacial score (nSPS) is 20.6. The van der Waals surface area contributed by atoms with Crippen molar-refractivity contribution < 1.29 is 160 Å². The third kappa shape index (κ3) is 31.4. The van der Waals surface area contributed by atoms with Crippen molar-refractivity contribution in [1.29, 1.82) is 5.26 Å². The van der Waals surface area contributed by atoms with Gasteiger partial charge in [-0.15, -0.1) is 11.3 Å². The number of aliphatic carboxylic acids is 3. The maximum atomic E-state index is 14.3. The lowest BCUT2D eigenvalue weighted by atomic mass is 9.74. The molecule has 740 valence electrons. The minimum Gasteiger partial charge on any atom is -0.506 e. The summed E-state index contributed by atoms with van der Waals surface area (Å²) in [4.78, 5) is 205. The van der Waals surface area contributed by atoms with Gasteiger partial charge < -0.3 is 115 Å². The van der Waals surface area contributed by atoms with Gasteiger partial charge in [0.25, 0.3) is 0 Å². The van der Waals surface area contributed by atoms with Gasteiger partial charge in [-0.1, -0.05) is 55.4 Å². The van der Waals surface area contributed by atoms with Crippen LogP contribution in [0.5, 0.6) is 0 Å². The highest BCUT2D eigenvalue weighted by molar-refractivity contribution is 7.13. The summed E-state index contributed by atoms with van der Waals surface area (Å²) in [5, 5.41) is 57.2. The van der Waals surface area contributed by atoms with Crippen LogP contribution in [0.4, 0.5) is 53.1 Å². The Bertz CT molecular complexity index is 5120. The number of Topliss-reactive ketones (excluding diaryl/α,β-unsaturated/α-hetero) is 1. The molecule has 0 saturated carbocycles. The number of carboxylic acids is 3. The molecule has 2 aromatic carbocycles. The van der Waals surface area contributed by atoms with Gasteiger partial charge in [0, 0.05) is 49.7 Å². The van der Waals surface area contributed by atoms with E-state index in [0.717, 1.165) is 34.7 Å². The van der Waals surface area contributed by atoms with Crippen LogP contribution in [0.1, 0.15) is 151 Å². The third-order valence-corrected chi connectivity index (χ3v) is 22.8. The Kier molecular flexibility index (Phi) is 38.8. The number of alkyl halides is 3. The maximum absolute atomic E-state index is 14.3. The van der Waals surface area contributed by atoms with Crippen molar-refractivity contribution in [3.8, 4) is 6.07 Å². The number of halogens is 7. The smallest absolute Gasteiger partial charge is 0.506 e. The molecule has 12 unspecified atom stereocenters. The second kappa shape index (κ2) is 49.3. The minimum absolute atomic E-state index is 0.0548. The van der Waals surface area contributed by atoms with Gasteiger partial charge in [0.15, 0.2) is 40.8 Å². The molecule has 8 amide bonds. The number of hydrogen-bond acceptors (Lipinski definition) is 32. The topological polar surface area (TPSA) is 566 Å². The predicted octanol–water partition coefficient (Wildman–Crippen LogP) is 2.23. The SMILES string of the molecule is CC(=O)CC1OB(C(CC(C)C)NC(=O)CNC(=O)C2CCN2c2ccc(F)cc2)OC1=O.CC(C)CC(NC(=O)CNC(=O)C1CCN1c1ccc(C#N)cc1F)B1OC(=O)C(CC(=O)O)O1.CC(C)CC(NC(=O)CNC(=O)C1CCN1c1nc(C(F)(F)F)cs1)B1OC(=O)C(CC(=O)O)O1.CC(C)CC(NC(=O)CNC(=O)C1CCN1c1ncc(F)cc1F)B1OC(=O)C(CC(=O)O)O1. The molecule has 54 heteroatoms. The van der Waals surface area contributed by atoms with Gasteiger partial charge in [-0.3, -0.25) is 76.7 Å². The lowest BCUT2D eigenvalue weighted by Gasteiger charge is -2.41. The van der Waals surface area contributed by atoms with E-state index in [-0.39, 0.29) is 82.9 Å². The molecule has 12 rings (SSSR count). The number of thiazole rings is 1. The first kappa shape index (κ1) is 108. The molecule has 8 aliphatic rings. The first-order valence-corrected chi connectivity index (χ1v) is 44.7. The Labute approximate surface area is 785 Å². The molecule has 2 aromatic heterocycles. The summed E-state index contributed by atoms with van der Waals surface area (Å²) < 4.78 is 135. The molecule has 0 bridgehead atoms. The number of hydrogen-bond donors (Lipinski definition) is 11. The predicted molar refractivity (Wildman–Crippen MR) is 468 cm³/mol. The van der Waals surface area contributed by atoms with Gasteiger partial charge in [0.1, 0.15) is 53.5 Å². The van der Waals surface area contributed by atoms with Gasteiger partial charge in [-0.05, 0) is 124 Å². The second-order valence-corrected chi connectivity index (χ2v) is 35.6. The molecule has 4 aromatic rings. The number of ketones is 1. The van der Waals surface area contributed by atoms with E-state index >= 15 is 0 Å². The number of amides is 8. The number of benzene rings is 2. The number of nitriles is 1. The fourth-order valence-corrected chi connectivity index (χ4v) is 16.1. The summed E-state index contributed by atoms with van der Waals surface area (Å²) >= 11 is 0.781. The van der Waals surface area contributed by atoms with E-state index in [0.29, 0.717) is 83.6 Å². The van der Waals surface area contributed by atoms with Crippen LogP contribution in [0, 0.1) is 58.3 Å². The Morgan fingerprint density at radius 2 is 0.818 bits per heavy atom. The van der Waals surface area contributed by atoms with Crippen molar-refractivity contribution in [1.82, 2.24) is 52.5 Å². The van der Waals surface area contributed by atoms with Crippen molar-refractivity contribution in [3.63, 3.8) is 0 Å². The van der Waals surface area contributed by atoms with Crippen molar-refractivity contribution >= 4 is 157 Å². The van der Waals surface area contributed by atoms with Crippen LogP contribution in [0.2, 0.25) is 0 Å². The molecule has 8 aliphatic heterocycles. The molecule has 137 heavy (non-hydrogen) atoms. The van der Waals surface area contributed by atoms with Gasteiger partial charge >= 0.3 is 76.4 Å². The zero-order valence-corrected chi connectivity index (χ0v) is 76.6. The molecule has 8 fully saturated rings. The monoisotopic (exact) mass is 1950 g/mol. The molecule has 0 spiro atoms. The number of carbonyl (C=O) groups excluding carboxylic acids is 13. The quantitative estimate of drug-likeness (QED) is 0.0225. The number of carbonyl (C=O) groups is 16. The number of carboxylic acid groups (broad SMARTS) is 3. The van der Waals surface area contributed by atoms with Crippen LogP contribution in [0.3, 0.4) is 0 Å². The number of rotatable bonds is 40. The summed E-state index contributed by atoms with van der Waals surface area (Å²) in [5.74, 6) is -16.4. The highest BCUT2D eigenvalue weighted by atomic mass is 32.1. The van der Waals surface area contributed by atoms with Gasteiger partial charge in [-0.25, -0.2) is 27.5 Å². The van der Waals surface area contributed by atoms with Crippen molar-refractivity contribution in [3.05, 3.63) is 94.6 Å². The van der Waals surface area contributed by atoms with E-state index in [9.17, 15) is 107 Å². The molecule has 10 heterocycles. The van der Waals surface area contributed by atoms with E-state index in [4.69, 9.17) is 57.8 Å². The minimum atomic E-state index is -4.58. The average molecular weight is 1950 g/mol. The van der Waals surface area contributed by atoms with Crippen molar-refractivity contribution in [2.45, 2.75) is 218 Å². The summed E-state index contributed by atoms with van der Waals surface area (Å²) in [6, 6.07) is 9.83. The Balaban J connectivity index is 0.000000205. The number of nitrogens with zero attached hydrogens (tertiary/aromatic N) is 7. The van der Waals surface area contributed by atoms with Crippen molar-refractivity contribution in [2.75, 3.05) is 72.0 Å². The van der Waals surface area contributed by atoms with Gasteiger partial charge in [0.2, 0.25) is 47.3 Å². The van der Waals surface area contributed by atoms with E-state index in [1.165, 1.54) is 41.0 Å². The zero-order chi connectivity index (χ0) is 101. The standard InChI is InChI=1S/C22H26BFN4O7.C22H29BFN3O6.C20H25BF2N4O7.C19H24BF3N4O7S/c1-12(2)7-18(23-34-17(9-20(30)31)22(33)35-23)27-19(29)11-26-21(32)16-5-6-28(16)15-4-3-13(10-25)8-14(15)24;1-13(2)10-19(23-32-18(11-14(3)28)22(31)33-23)26-20(29)12-25-21(30)17-8-9-27(17)16-6-4-15(24)5-7-16;1-10(2)5-15(21-33-14(7-17(29)30)20(32)34-21)26-16(28)9-25-19(31)13-3-4-27(13)18-12(23)6-11(22)8-24-18;1-9(2)5-13(20-33-11(6-15(29)30)17(32)34-20)26-14(28)7-24-16(31)10-3-4-27(10)18-25-12(8-35-18)19(21,22)23/h3-4,8,12,16-18H,5-7,9,11H2,1-2H3,(H,26,32)(H,27,29)(H,30,31);4-7,13,17-19H,8-12H2,1-3H3,(H,25,30)(H,26,29);6,8,10,13-15H,3-5,7,9H2,1-2H3,(H,25,31)(H,26,28)(H,29,30);8-11,13H,3-7H2,1-2H3,(H,24,31)(H,26,28)(H,29,30). The van der Waals surface area contributed by atoms with Gasteiger partial charge in [-0.2, -0.15) is 18.4 Å². The van der Waals surface area contributed by atoms with E-state index in [2.05, 4.69) is 52.5 Å². The number of nitrogens with one attached hydrogen (secondary N) is 8. The fraction of sp³-hybridized carbons (Fsp3) is 0.554. The molecule has 0 radical (unpaired) electrons. The van der Waals surface area contributed by atoms with Crippen LogP contribution in [0.15, 0.2) is 60.1 Å². The highest BCUT2D eigenvalue weighted by Gasteiger charge is 2.52. The Morgan fingerprint density at radius 3 is 1.12 bits per heavy atom. The third-order valence-electron chi connectivity index (χ3n) is 21.9. The largest absolute Gasteiger partial charge is 0.552 e. The molecular weight excluding hydrogens is 1850 g/mol. The van der Waals surface area contributed by atoms with Crippen LogP contribution >= 0.6 is 11.3 Å². The molecule has 12 atom stereocenters. The molecule has 11 N–H and O–H groups in total. The van der Waals surface area contributed by atoms with Crippen LogP contribution in [-0.2, 0) is 120 Å². The van der Waals surface area contributed by atoms with Crippen molar-refractivity contribution in [2.24, 2.45) is 23.7 Å². The van der Waals surface area contributed by atoms with E-state index in [1.54, 1.807) is 17.0 Å². The Morgan fingerprint density at radius 1 is 0.474 bits per heavy atom. The molecule has 42 nitrogen and oxygen atoms in total. The average Bonchev–Trinajstić information content (AvgIpc) is 1.23. The summed E-state index contributed by atoms with van der Waals surface area (Å²) in [5.41, 5.74) is 0.0867. The number of anilines is 4. The van der Waals surface area contributed by atoms with E-state index < -0.39 is 246 Å². The maximum Gasteiger partial charge on any atom is 0.552 e. The van der Waals surface area contributed by atoms with Crippen LogP contribution in [0.25, 0.3) is 0 Å². The van der Waals surface area contributed by atoms with Crippen LogP contribution in [-0.4, -0.2) is 273 Å². The first-order chi connectivity index (χ1) is 64.6. The summed E-state index contributed by atoms with van der Waals surface area (Å²) in [7, 11) is -4.47. The fourth-order valence-electron chi connectivity index (χ4n) is 15.2. The van der Waals surface area contributed by atoms with Gasteiger partial charge in [0.05, 0.1) is 92.7 Å².